The fourth-order valence-corrected chi connectivity index (χ4v) is 4.00. The van der Waals surface area contributed by atoms with Gasteiger partial charge in [-0.05, 0) is 57.8 Å². The minimum absolute atomic E-state index is 0.253. The third kappa shape index (κ3) is 2.10. The van der Waals surface area contributed by atoms with Gasteiger partial charge in [0.05, 0.1) is 5.41 Å². The molecule has 1 aromatic carbocycles. The van der Waals surface area contributed by atoms with Crippen LogP contribution in [-0.4, -0.2) is 36.5 Å². The van der Waals surface area contributed by atoms with E-state index in [0.29, 0.717) is 11.9 Å². The molecule has 1 fully saturated rings. The molecule has 0 bridgehead atoms. The lowest BCUT2D eigenvalue weighted by atomic mass is 9.73. The molecule has 0 saturated carbocycles. The Labute approximate surface area is 127 Å². The minimum Gasteiger partial charge on any atom is -0.312 e. The van der Waals surface area contributed by atoms with Crippen molar-refractivity contribution in [3.63, 3.8) is 0 Å². The fourth-order valence-electron chi connectivity index (χ4n) is 4.00. The van der Waals surface area contributed by atoms with Crippen LogP contribution in [0.1, 0.15) is 45.6 Å². The largest absolute Gasteiger partial charge is 0.312 e. The molecule has 1 spiro atoms. The number of benzene rings is 1. The average Bonchev–Trinajstić information content (AvgIpc) is 2.76. The Balaban J connectivity index is 1.91. The van der Waals surface area contributed by atoms with E-state index >= 15 is 0 Å². The van der Waals surface area contributed by atoms with Crippen LogP contribution in [0.15, 0.2) is 24.3 Å². The standard InChI is InChI=1S/C18H26N2O/c1-4-14(3)19-12-10-18(11-13-19)15-8-6-7-9-16(15)20(5-2)17(18)21/h6-9,14H,4-5,10-13H2,1-3H3/t14-/m1/s1. The summed E-state index contributed by atoms with van der Waals surface area (Å²) in [7, 11) is 0. The monoisotopic (exact) mass is 286 g/mol. The van der Waals surface area contributed by atoms with Gasteiger partial charge in [-0.15, -0.1) is 0 Å². The summed E-state index contributed by atoms with van der Waals surface area (Å²) in [6.45, 7) is 9.44. The number of hydrogen-bond acceptors (Lipinski definition) is 2. The molecule has 3 heteroatoms. The number of amides is 1. The van der Waals surface area contributed by atoms with E-state index in [2.05, 4.69) is 43.9 Å². The average molecular weight is 286 g/mol. The normalized spacial score (nSPS) is 22.6. The molecule has 21 heavy (non-hydrogen) atoms. The first-order valence-electron chi connectivity index (χ1n) is 8.29. The van der Waals surface area contributed by atoms with Crippen molar-refractivity contribution >= 4 is 11.6 Å². The predicted octanol–water partition coefficient (Wildman–Crippen LogP) is 3.19. The van der Waals surface area contributed by atoms with Gasteiger partial charge >= 0.3 is 0 Å². The molecule has 0 N–H and O–H groups in total. The van der Waals surface area contributed by atoms with Crippen molar-refractivity contribution in [2.45, 2.75) is 51.5 Å². The Morgan fingerprint density at radius 1 is 1.19 bits per heavy atom. The summed E-state index contributed by atoms with van der Waals surface area (Å²) in [5, 5.41) is 0. The number of hydrogen-bond donors (Lipinski definition) is 0. The molecule has 0 radical (unpaired) electrons. The Morgan fingerprint density at radius 3 is 2.48 bits per heavy atom. The van der Waals surface area contributed by atoms with Gasteiger partial charge in [-0.3, -0.25) is 4.79 Å². The van der Waals surface area contributed by atoms with Crippen LogP contribution < -0.4 is 4.90 Å². The van der Waals surface area contributed by atoms with Crippen LogP contribution in [0, 0.1) is 0 Å². The van der Waals surface area contributed by atoms with Crippen LogP contribution in [-0.2, 0) is 10.2 Å². The molecule has 2 heterocycles. The molecule has 3 rings (SSSR count). The number of likely N-dealkylation sites (tertiary alicyclic amines) is 1. The molecule has 0 aliphatic carbocycles. The van der Waals surface area contributed by atoms with E-state index in [1.165, 1.54) is 12.0 Å². The highest BCUT2D eigenvalue weighted by Gasteiger charge is 2.51. The van der Waals surface area contributed by atoms with Gasteiger partial charge in [0.25, 0.3) is 0 Å². The topological polar surface area (TPSA) is 23.6 Å². The number of carbonyl (C=O) groups excluding carboxylic acids is 1. The van der Waals surface area contributed by atoms with Crippen LogP contribution in [0.4, 0.5) is 5.69 Å². The van der Waals surface area contributed by atoms with Crippen LogP contribution in [0.5, 0.6) is 0 Å². The summed E-state index contributed by atoms with van der Waals surface area (Å²) in [5.74, 6) is 0.329. The molecular formula is C18H26N2O. The summed E-state index contributed by atoms with van der Waals surface area (Å²) >= 11 is 0. The lowest BCUT2D eigenvalue weighted by Crippen LogP contribution is -2.50. The molecule has 1 amide bonds. The van der Waals surface area contributed by atoms with Gasteiger partial charge in [-0.1, -0.05) is 25.1 Å². The molecule has 3 nitrogen and oxygen atoms in total. The second-order valence-electron chi connectivity index (χ2n) is 6.44. The van der Waals surface area contributed by atoms with E-state index in [1.807, 2.05) is 11.0 Å². The van der Waals surface area contributed by atoms with Crippen molar-refractivity contribution in [1.82, 2.24) is 4.90 Å². The number of piperidine rings is 1. The summed E-state index contributed by atoms with van der Waals surface area (Å²) in [6, 6.07) is 9.01. The highest BCUT2D eigenvalue weighted by Crippen LogP contribution is 2.47. The number of carbonyl (C=O) groups is 1. The SMILES string of the molecule is CC[C@@H](C)N1CCC2(CC1)C(=O)N(CC)c1ccccc12. The third-order valence-corrected chi connectivity index (χ3v) is 5.55. The van der Waals surface area contributed by atoms with Crippen molar-refractivity contribution in [1.29, 1.82) is 0 Å². The smallest absolute Gasteiger partial charge is 0.237 e. The molecule has 2 aliphatic rings. The predicted molar refractivity (Wildman–Crippen MR) is 86.7 cm³/mol. The zero-order chi connectivity index (χ0) is 15.0. The summed E-state index contributed by atoms with van der Waals surface area (Å²) < 4.78 is 0. The number of rotatable bonds is 3. The second kappa shape index (κ2) is 5.45. The highest BCUT2D eigenvalue weighted by molar-refractivity contribution is 6.08. The zero-order valence-corrected chi connectivity index (χ0v) is 13.4. The summed E-state index contributed by atoms with van der Waals surface area (Å²) in [6.07, 6.45) is 3.10. The Morgan fingerprint density at radius 2 is 1.86 bits per heavy atom. The Kier molecular flexibility index (Phi) is 3.78. The maximum Gasteiger partial charge on any atom is 0.237 e. The molecule has 1 aromatic rings. The molecule has 1 saturated heterocycles. The van der Waals surface area contributed by atoms with E-state index in [-0.39, 0.29) is 5.41 Å². The molecule has 2 aliphatic heterocycles. The van der Waals surface area contributed by atoms with Crippen molar-refractivity contribution in [3.8, 4) is 0 Å². The first kappa shape index (κ1) is 14.6. The Hall–Kier alpha value is -1.35. The number of para-hydroxylation sites is 1. The molecule has 0 aromatic heterocycles. The van der Waals surface area contributed by atoms with Crippen LogP contribution >= 0.6 is 0 Å². The lowest BCUT2D eigenvalue weighted by molar-refractivity contribution is -0.125. The molecule has 0 unspecified atom stereocenters. The number of anilines is 1. The van der Waals surface area contributed by atoms with Gasteiger partial charge in [0.15, 0.2) is 0 Å². The first-order chi connectivity index (χ1) is 10.1. The van der Waals surface area contributed by atoms with Crippen molar-refractivity contribution in [2.24, 2.45) is 0 Å². The molecular weight excluding hydrogens is 260 g/mol. The van der Waals surface area contributed by atoms with Crippen molar-refractivity contribution in [3.05, 3.63) is 29.8 Å². The fraction of sp³-hybridized carbons (Fsp3) is 0.611. The minimum atomic E-state index is -0.253. The van der Waals surface area contributed by atoms with Gasteiger partial charge in [0.1, 0.15) is 0 Å². The number of fused-ring (bicyclic) bond motifs is 2. The zero-order valence-electron chi connectivity index (χ0n) is 13.4. The second-order valence-corrected chi connectivity index (χ2v) is 6.44. The molecule has 1 atom stereocenters. The maximum atomic E-state index is 13.0. The van der Waals surface area contributed by atoms with E-state index in [1.54, 1.807) is 0 Å². The summed E-state index contributed by atoms with van der Waals surface area (Å²) in [4.78, 5) is 17.5. The van der Waals surface area contributed by atoms with Gasteiger partial charge in [0.2, 0.25) is 5.91 Å². The Bertz CT molecular complexity index is 532. The highest BCUT2D eigenvalue weighted by atomic mass is 16.2. The van der Waals surface area contributed by atoms with Crippen molar-refractivity contribution in [2.75, 3.05) is 24.5 Å². The maximum absolute atomic E-state index is 13.0. The van der Waals surface area contributed by atoms with Gasteiger partial charge in [-0.2, -0.15) is 0 Å². The number of likely N-dealkylation sites (N-methyl/N-ethyl adjacent to an activating group) is 1. The van der Waals surface area contributed by atoms with Gasteiger partial charge in [-0.25, -0.2) is 0 Å². The van der Waals surface area contributed by atoms with E-state index < -0.39 is 0 Å². The van der Waals surface area contributed by atoms with Crippen LogP contribution in [0.2, 0.25) is 0 Å². The van der Waals surface area contributed by atoms with Gasteiger partial charge < -0.3 is 9.80 Å². The van der Waals surface area contributed by atoms with Gasteiger partial charge in [0, 0.05) is 18.3 Å². The van der Waals surface area contributed by atoms with Crippen LogP contribution in [0.3, 0.4) is 0 Å². The summed E-state index contributed by atoms with van der Waals surface area (Å²) in [5.41, 5.74) is 2.15. The third-order valence-electron chi connectivity index (χ3n) is 5.55. The first-order valence-corrected chi connectivity index (χ1v) is 8.29. The van der Waals surface area contributed by atoms with Crippen LogP contribution in [0.25, 0.3) is 0 Å². The van der Waals surface area contributed by atoms with E-state index in [4.69, 9.17) is 0 Å². The lowest BCUT2D eigenvalue weighted by Gasteiger charge is -2.41. The van der Waals surface area contributed by atoms with E-state index in [0.717, 1.165) is 38.2 Å². The molecule has 114 valence electrons. The van der Waals surface area contributed by atoms with E-state index in [9.17, 15) is 4.79 Å². The quantitative estimate of drug-likeness (QED) is 0.852. The number of nitrogens with zero attached hydrogens (tertiary/aromatic N) is 2. The van der Waals surface area contributed by atoms with Crippen molar-refractivity contribution < 1.29 is 4.79 Å².